The smallest absolute Gasteiger partial charge is 0.320 e. The van der Waals surface area contributed by atoms with Gasteiger partial charge in [0, 0.05) is 44.3 Å². The molecule has 2 aliphatic heterocycles. The lowest BCUT2D eigenvalue weighted by Gasteiger charge is -2.38. The molecule has 0 aliphatic carbocycles. The topological polar surface area (TPSA) is 65.1 Å². The lowest BCUT2D eigenvalue weighted by Crippen LogP contribution is -2.55. The molecule has 2 heterocycles. The molecule has 1 aromatic rings. The van der Waals surface area contributed by atoms with E-state index in [0.29, 0.717) is 68.2 Å². The highest BCUT2D eigenvalue weighted by atomic mass is 35.5. The van der Waals surface area contributed by atoms with Gasteiger partial charge in [0.2, 0.25) is 5.91 Å². The summed E-state index contributed by atoms with van der Waals surface area (Å²) >= 11 is 12.0. The van der Waals surface area contributed by atoms with E-state index in [9.17, 15) is 9.59 Å². The van der Waals surface area contributed by atoms with Crippen LogP contribution >= 0.6 is 23.2 Å². The standard InChI is InChI=1S/C17H22Cl2N4O3/c18-13-1-2-14(19)15(11-13)20-16(24)12-21-3-5-22(6-4-21)17(25)23-7-9-26-10-8-23/h1-2,11H,3-10,12H2,(H,20,24). The molecule has 0 radical (unpaired) electrons. The Morgan fingerprint density at radius 3 is 2.35 bits per heavy atom. The van der Waals surface area contributed by atoms with Gasteiger partial charge in [0.05, 0.1) is 30.5 Å². The van der Waals surface area contributed by atoms with Gasteiger partial charge in [-0.05, 0) is 18.2 Å². The first-order valence-electron chi connectivity index (χ1n) is 8.62. The molecule has 0 spiro atoms. The number of rotatable bonds is 3. The van der Waals surface area contributed by atoms with E-state index < -0.39 is 0 Å². The van der Waals surface area contributed by atoms with Gasteiger partial charge in [-0.25, -0.2) is 4.79 Å². The number of urea groups is 1. The number of nitrogens with zero attached hydrogens (tertiary/aromatic N) is 3. The zero-order valence-electron chi connectivity index (χ0n) is 14.4. The first-order chi connectivity index (χ1) is 12.5. The summed E-state index contributed by atoms with van der Waals surface area (Å²) in [5, 5.41) is 3.75. The Morgan fingerprint density at radius 1 is 1.00 bits per heavy atom. The average molecular weight is 401 g/mol. The van der Waals surface area contributed by atoms with Crippen LogP contribution in [0.2, 0.25) is 10.0 Å². The summed E-state index contributed by atoms with van der Waals surface area (Å²) in [6, 6.07) is 5.00. The minimum atomic E-state index is -0.151. The second-order valence-electron chi connectivity index (χ2n) is 6.32. The fraction of sp³-hybridized carbons (Fsp3) is 0.529. The van der Waals surface area contributed by atoms with E-state index in [0.717, 1.165) is 0 Å². The fourth-order valence-electron chi connectivity index (χ4n) is 3.04. The van der Waals surface area contributed by atoms with E-state index in [1.807, 2.05) is 14.7 Å². The van der Waals surface area contributed by atoms with Crippen LogP contribution in [0, 0.1) is 0 Å². The number of hydrogen-bond donors (Lipinski definition) is 1. The quantitative estimate of drug-likeness (QED) is 0.842. The largest absolute Gasteiger partial charge is 0.378 e. The summed E-state index contributed by atoms with van der Waals surface area (Å²) in [4.78, 5) is 30.4. The van der Waals surface area contributed by atoms with Crippen molar-refractivity contribution >= 4 is 40.8 Å². The zero-order chi connectivity index (χ0) is 18.5. The van der Waals surface area contributed by atoms with Crippen molar-refractivity contribution in [3.63, 3.8) is 0 Å². The number of carbonyl (C=O) groups is 2. The molecule has 3 rings (SSSR count). The number of morpholine rings is 1. The van der Waals surface area contributed by atoms with Gasteiger partial charge >= 0.3 is 6.03 Å². The number of anilines is 1. The Balaban J connectivity index is 1.45. The number of ether oxygens (including phenoxy) is 1. The molecule has 0 unspecified atom stereocenters. The maximum absolute atomic E-state index is 12.5. The summed E-state index contributed by atoms with van der Waals surface area (Å²) in [6.45, 7) is 5.27. The third-order valence-corrected chi connectivity index (χ3v) is 5.06. The molecule has 1 N–H and O–H groups in total. The second-order valence-corrected chi connectivity index (χ2v) is 7.16. The van der Waals surface area contributed by atoms with Crippen LogP contribution in [0.1, 0.15) is 0 Å². The normalized spacial score (nSPS) is 18.7. The molecule has 0 aromatic heterocycles. The molecule has 142 valence electrons. The molecule has 9 heteroatoms. The Morgan fingerprint density at radius 2 is 1.65 bits per heavy atom. The maximum Gasteiger partial charge on any atom is 0.320 e. The predicted molar refractivity (Wildman–Crippen MR) is 101 cm³/mol. The average Bonchev–Trinajstić information content (AvgIpc) is 2.65. The highest BCUT2D eigenvalue weighted by Crippen LogP contribution is 2.25. The van der Waals surface area contributed by atoms with Crippen LogP contribution in [0.15, 0.2) is 18.2 Å². The van der Waals surface area contributed by atoms with Crippen molar-refractivity contribution < 1.29 is 14.3 Å². The summed E-state index contributed by atoms with van der Waals surface area (Å²) in [5.41, 5.74) is 0.505. The lowest BCUT2D eigenvalue weighted by atomic mass is 10.3. The molecule has 2 aliphatic rings. The van der Waals surface area contributed by atoms with Gasteiger partial charge in [0.15, 0.2) is 0 Å². The monoisotopic (exact) mass is 400 g/mol. The van der Waals surface area contributed by atoms with Gasteiger partial charge in [-0.15, -0.1) is 0 Å². The highest BCUT2D eigenvalue weighted by Gasteiger charge is 2.27. The molecule has 0 saturated carbocycles. The maximum atomic E-state index is 12.5. The van der Waals surface area contributed by atoms with E-state index >= 15 is 0 Å². The van der Waals surface area contributed by atoms with Gasteiger partial charge in [0.25, 0.3) is 0 Å². The molecule has 3 amide bonds. The molecule has 0 atom stereocenters. The van der Waals surface area contributed by atoms with E-state index in [1.165, 1.54) is 0 Å². The molecule has 0 bridgehead atoms. The number of hydrogen-bond acceptors (Lipinski definition) is 4. The Kier molecular flexibility index (Phi) is 6.58. The molecule has 26 heavy (non-hydrogen) atoms. The van der Waals surface area contributed by atoms with Gasteiger partial charge in [-0.2, -0.15) is 0 Å². The van der Waals surface area contributed by atoms with Crippen LogP contribution < -0.4 is 5.32 Å². The fourth-order valence-corrected chi connectivity index (χ4v) is 3.37. The van der Waals surface area contributed by atoms with Crippen LogP contribution in [0.4, 0.5) is 10.5 Å². The number of amides is 3. The van der Waals surface area contributed by atoms with Crippen LogP contribution in [0.5, 0.6) is 0 Å². The molecular weight excluding hydrogens is 379 g/mol. The van der Waals surface area contributed by atoms with Gasteiger partial charge in [-0.1, -0.05) is 23.2 Å². The Bertz CT molecular complexity index is 659. The number of benzene rings is 1. The predicted octanol–water partition coefficient (Wildman–Crippen LogP) is 2.00. The molecule has 2 saturated heterocycles. The molecular formula is C17H22Cl2N4O3. The van der Waals surface area contributed by atoms with Crippen molar-refractivity contribution in [2.75, 3.05) is 64.3 Å². The Hall–Kier alpha value is -1.54. The SMILES string of the molecule is O=C(CN1CCN(C(=O)N2CCOCC2)CC1)Nc1cc(Cl)ccc1Cl. The van der Waals surface area contributed by atoms with Gasteiger partial charge < -0.3 is 19.9 Å². The second kappa shape index (κ2) is 8.90. The summed E-state index contributed by atoms with van der Waals surface area (Å²) in [5.74, 6) is -0.151. The van der Waals surface area contributed by atoms with Gasteiger partial charge in [0.1, 0.15) is 0 Å². The third-order valence-electron chi connectivity index (χ3n) is 4.49. The summed E-state index contributed by atoms with van der Waals surface area (Å²) in [7, 11) is 0. The molecule has 1 aromatic carbocycles. The van der Waals surface area contributed by atoms with E-state index in [2.05, 4.69) is 5.32 Å². The first kappa shape index (κ1) is 19.2. The minimum Gasteiger partial charge on any atom is -0.378 e. The third kappa shape index (κ3) is 5.01. The number of piperazine rings is 1. The van der Waals surface area contributed by atoms with Crippen LogP contribution in [0.3, 0.4) is 0 Å². The van der Waals surface area contributed by atoms with Crippen molar-refractivity contribution in [1.82, 2.24) is 14.7 Å². The zero-order valence-corrected chi connectivity index (χ0v) is 15.9. The molecule has 2 fully saturated rings. The number of carbonyl (C=O) groups excluding carboxylic acids is 2. The number of nitrogens with one attached hydrogen (secondary N) is 1. The van der Waals surface area contributed by atoms with Crippen LogP contribution in [-0.2, 0) is 9.53 Å². The van der Waals surface area contributed by atoms with Crippen LogP contribution in [-0.4, -0.2) is 85.7 Å². The number of halogens is 2. The van der Waals surface area contributed by atoms with Crippen molar-refractivity contribution in [1.29, 1.82) is 0 Å². The minimum absolute atomic E-state index is 0.0584. The van der Waals surface area contributed by atoms with Crippen molar-refractivity contribution in [2.45, 2.75) is 0 Å². The lowest BCUT2D eigenvalue weighted by molar-refractivity contribution is -0.117. The summed E-state index contributed by atoms with van der Waals surface area (Å²) < 4.78 is 5.28. The van der Waals surface area contributed by atoms with Crippen molar-refractivity contribution in [3.8, 4) is 0 Å². The van der Waals surface area contributed by atoms with Crippen molar-refractivity contribution in [2.24, 2.45) is 0 Å². The first-order valence-corrected chi connectivity index (χ1v) is 9.37. The van der Waals surface area contributed by atoms with E-state index in [-0.39, 0.29) is 18.5 Å². The Labute approximate surface area is 162 Å². The summed E-state index contributed by atoms with van der Waals surface area (Å²) in [6.07, 6.45) is 0. The van der Waals surface area contributed by atoms with Crippen molar-refractivity contribution in [3.05, 3.63) is 28.2 Å². The van der Waals surface area contributed by atoms with Crippen LogP contribution in [0.25, 0.3) is 0 Å². The van der Waals surface area contributed by atoms with Gasteiger partial charge in [-0.3, -0.25) is 9.69 Å². The van der Waals surface area contributed by atoms with E-state index in [1.54, 1.807) is 18.2 Å². The highest BCUT2D eigenvalue weighted by molar-refractivity contribution is 6.35. The van der Waals surface area contributed by atoms with E-state index in [4.69, 9.17) is 27.9 Å². The molecule has 7 nitrogen and oxygen atoms in total.